The Balaban J connectivity index is 1.55. The lowest BCUT2D eigenvalue weighted by atomic mass is 10.0. The van der Waals surface area contributed by atoms with Gasteiger partial charge in [-0.25, -0.2) is 10.9 Å². The van der Waals surface area contributed by atoms with Gasteiger partial charge in [-0.15, -0.1) is 0 Å². The van der Waals surface area contributed by atoms with E-state index in [1.54, 1.807) is 48.5 Å². The molecule has 0 aliphatic rings. The highest BCUT2D eigenvalue weighted by Gasteiger charge is 2.15. The Morgan fingerprint density at radius 1 is 0.472 bits per heavy atom. The average molecular weight is 477 g/mol. The Morgan fingerprint density at radius 2 is 0.778 bits per heavy atom. The summed E-state index contributed by atoms with van der Waals surface area (Å²) < 4.78 is 0. The van der Waals surface area contributed by atoms with Crippen molar-refractivity contribution in [3.63, 3.8) is 0 Å². The smallest absolute Gasteiger partial charge is 0.331 e. The van der Waals surface area contributed by atoms with Gasteiger partial charge in [-0.05, 0) is 24.3 Å². The molecule has 0 saturated carbocycles. The summed E-state index contributed by atoms with van der Waals surface area (Å²) >= 11 is 0. The van der Waals surface area contributed by atoms with Crippen LogP contribution in [0, 0.1) is 0 Å². The van der Waals surface area contributed by atoms with Gasteiger partial charge in [-0.2, -0.15) is 10.2 Å². The summed E-state index contributed by atoms with van der Waals surface area (Å²) in [5.74, 6) is -1.93. The Labute approximate surface area is 208 Å². The SMILES string of the molecule is Nc1ccc(C(=NNC(=O)C(=O)NN=C(c2ccccc2)c2ccc(N)cc2)c2ccccc2)cc1. The summed E-state index contributed by atoms with van der Waals surface area (Å²) in [6.45, 7) is 0. The molecular formula is C28H24N6O2. The van der Waals surface area contributed by atoms with E-state index in [0.717, 1.165) is 22.3 Å². The Morgan fingerprint density at radius 3 is 1.11 bits per heavy atom. The zero-order chi connectivity index (χ0) is 25.3. The van der Waals surface area contributed by atoms with Gasteiger partial charge < -0.3 is 11.5 Å². The maximum atomic E-state index is 12.6. The van der Waals surface area contributed by atoms with Crippen LogP contribution in [0.15, 0.2) is 119 Å². The van der Waals surface area contributed by atoms with Crippen LogP contribution in [0.5, 0.6) is 0 Å². The fourth-order valence-corrected chi connectivity index (χ4v) is 3.38. The van der Waals surface area contributed by atoms with Gasteiger partial charge in [0.25, 0.3) is 0 Å². The number of hydrogen-bond acceptors (Lipinski definition) is 6. The molecular weight excluding hydrogens is 452 g/mol. The average Bonchev–Trinajstić information content (AvgIpc) is 2.92. The minimum Gasteiger partial charge on any atom is -0.399 e. The highest BCUT2D eigenvalue weighted by Crippen LogP contribution is 2.14. The largest absolute Gasteiger partial charge is 0.399 e. The summed E-state index contributed by atoms with van der Waals surface area (Å²) in [5.41, 5.74) is 21.4. The molecule has 2 amide bonds. The highest BCUT2D eigenvalue weighted by molar-refractivity contribution is 6.35. The van der Waals surface area contributed by atoms with Gasteiger partial charge in [-0.3, -0.25) is 9.59 Å². The van der Waals surface area contributed by atoms with E-state index in [4.69, 9.17) is 11.5 Å². The van der Waals surface area contributed by atoms with Gasteiger partial charge in [0.2, 0.25) is 0 Å². The molecule has 0 bridgehead atoms. The Hall–Kier alpha value is -5.24. The number of carbonyl (C=O) groups is 2. The molecule has 178 valence electrons. The Bertz CT molecular complexity index is 1290. The lowest BCUT2D eigenvalue weighted by Gasteiger charge is -2.09. The molecule has 0 saturated heterocycles. The van der Waals surface area contributed by atoms with Crippen LogP contribution in [-0.4, -0.2) is 23.2 Å². The quantitative estimate of drug-likeness (QED) is 0.147. The summed E-state index contributed by atoms with van der Waals surface area (Å²) in [7, 11) is 0. The van der Waals surface area contributed by atoms with Crippen molar-refractivity contribution < 1.29 is 9.59 Å². The predicted molar refractivity (Wildman–Crippen MR) is 142 cm³/mol. The minimum atomic E-state index is -0.965. The van der Waals surface area contributed by atoms with Crippen molar-refractivity contribution in [1.82, 2.24) is 10.9 Å². The van der Waals surface area contributed by atoms with E-state index in [-0.39, 0.29) is 0 Å². The highest BCUT2D eigenvalue weighted by atomic mass is 16.2. The number of rotatable bonds is 6. The molecule has 0 fully saturated rings. The fraction of sp³-hybridized carbons (Fsp3) is 0. The van der Waals surface area contributed by atoms with Gasteiger partial charge in [0.15, 0.2) is 0 Å². The first-order valence-electron chi connectivity index (χ1n) is 11.1. The molecule has 0 spiro atoms. The van der Waals surface area contributed by atoms with Crippen molar-refractivity contribution in [2.75, 3.05) is 11.5 Å². The first-order chi connectivity index (χ1) is 17.5. The van der Waals surface area contributed by atoms with E-state index in [0.29, 0.717) is 22.8 Å². The third-order valence-corrected chi connectivity index (χ3v) is 5.21. The number of benzene rings is 4. The van der Waals surface area contributed by atoms with Crippen molar-refractivity contribution in [2.45, 2.75) is 0 Å². The molecule has 0 atom stereocenters. The molecule has 4 aromatic carbocycles. The third kappa shape index (κ3) is 6.00. The van der Waals surface area contributed by atoms with E-state index in [2.05, 4.69) is 21.1 Å². The molecule has 8 nitrogen and oxygen atoms in total. The van der Waals surface area contributed by atoms with Crippen molar-refractivity contribution >= 4 is 34.6 Å². The van der Waals surface area contributed by atoms with E-state index in [9.17, 15) is 9.59 Å². The van der Waals surface area contributed by atoms with Crippen LogP contribution in [0.4, 0.5) is 11.4 Å². The molecule has 0 aromatic heterocycles. The fourth-order valence-electron chi connectivity index (χ4n) is 3.38. The zero-order valence-electron chi connectivity index (χ0n) is 19.3. The summed E-state index contributed by atoms with van der Waals surface area (Å²) in [6, 6.07) is 32.7. The van der Waals surface area contributed by atoms with Crippen LogP contribution >= 0.6 is 0 Å². The molecule has 0 unspecified atom stereocenters. The van der Waals surface area contributed by atoms with Gasteiger partial charge >= 0.3 is 11.8 Å². The third-order valence-electron chi connectivity index (χ3n) is 5.21. The molecule has 6 N–H and O–H groups in total. The summed E-state index contributed by atoms with van der Waals surface area (Å²) in [6.07, 6.45) is 0. The van der Waals surface area contributed by atoms with E-state index in [1.807, 2.05) is 60.7 Å². The topological polar surface area (TPSA) is 135 Å². The van der Waals surface area contributed by atoms with Crippen LogP contribution in [0.3, 0.4) is 0 Å². The number of nitrogen functional groups attached to an aromatic ring is 2. The number of carbonyl (C=O) groups excluding carboxylic acids is 2. The molecule has 4 rings (SSSR count). The van der Waals surface area contributed by atoms with E-state index >= 15 is 0 Å². The molecule has 0 aliphatic heterocycles. The number of hydrogen-bond donors (Lipinski definition) is 4. The van der Waals surface area contributed by atoms with Gasteiger partial charge in [0.1, 0.15) is 0 Å². The maximum absolute atomic E-state index is 12.6. The van der Waals surface area contributed by atoms with Crippen LogP contribution in [0.2, 0.25) is 0 Å². The standard InChI is InChI=1S/C28H24N6O2/c29-23-15-11-21(12-16-23)25(19-7-3-1-4-8-19)31-33-27(35)28(36)34-32-26(20-9-5-2-6-10-20)22-13-17-24(30)18-14-22/h1-18H,29-30H2,(H,33,35)(H,34,36). The maximum Gasteiger partial charge on any atom is 0.331 e. The van der Waals surface area contributed by atoms with Crippen molar-refractivity contribution in [3.8, 4) is 0 Å². The van der Waals surface area contributed by atoms with E-state index < -0.39 is 11.8 Å². The molecule has 0 radical (unpaired) electrons. The number of hydrazone groups is 2. The van der Waals surface area contributed by atoms with E-state index in [1.165, 1.54) is 0 Å². The lowest BCUT2D eigenvalue weighted by molar-refractivity contribution is -0.139. The van der Waals surface area contributed by atoms with Crippen LogP contribution in [0.1, 0.15) is 22.3 Å². The second-order valence-corrected chi connectivity index (χ2v) is 7.78. The van der Waals surface area contributed by atoms with Gasteiger partial charge in [-0.1, -0.05) is 84.9 Å². The van der Waals surface area contributed by atoms with Crippen LogP contribution in [-0.2, 0) is 9.59 Å². The van der Waals surface area contributed by atoms with Crippen LogP contribution < -0.4 is 22.3 Å². The number of nitrogens with two attached hydrogens (primary N) is 2. The second-order valence-electron chi connectivity index (χ2n) is 7.78. The molecule has 0 aliphatic carbocycles. The van der Waals surface area contributed by atoms with Gasteiger partial charge in [0, 0.05) is 33.6 Å². The number of nitrogens with zero attached hydrogens (tertiary/aromatic N) is 2. The monoisotopic (exact) mass is 476 g/mol. The molecule has 4 aromatic rings. The van der Waals surface area contributed by atoms with Crippen molar-refractivity contribution in [3.05, 3.63) is 131 Å². The van der Waals surface area contributed by atoms with Crippen molar-refractivity contribution in [1.29, 1.82) is 0 Å². The first-order valence-corrected chi connectivity index (χ1v) is 11.1. The number of anilines is 2. The summed E-state index contributed by atoms with van der Waals surface area (Å²) in [4.78, 5) is 25.1. The normalized spacial score (nSPS) is 11.6. The lowest BCUT2D eigenvalue weighted by Crippen LogP contribution is -2.36. The zero-order valence-corrected chi connectivity index (χ0v) is 19.3. The predicted octanol–water partition coefficient (Wildman–Crippen LogP) is 3.29. The number of amides is 2. The number of nitrogens with one attached hydrogen (secondary N) is 2. The molecule has 36 heavy (non-hydrogen) atoms. The molecule has 0 heterocycles. The summed E-state index contributed by atoms with van der Waals surface area (Å²) in [5, 5.41) is 8.44. The second kappa shape index (κ2) is 11.3. The van der Waals surface area contributed by atoms with Crippen molar-refractivity contribution in [2.24, 2.45) is 10.2 Å². The Kier molecular flexibility index (Phi) is 7.47. The van der Waals surface area contributed by atoms with Crippen LogP contribution in [0.25, 0.3) is 0 Å². The molecule has 8 heteroatoms. The minimum absolute atomic E-state index is 0.479. The van der Waals surface area contributed by atoms with Gasteiger partial charge in [0.05, 0.1) is 11.4 Å². The first kappa shape index (κ1) is 23.9.